The Hall–Kier alpha value is -2.73. The van der Waals surface area contributed by atoms with E-state index in [1.165, 1.54) is 12.1 Å². The summed E-state index contributed by atoms with van der Waals surface area (Å²) in [6.07, 6.45) is 1.45. The van der Waals surface area contributed by atoms with Crippen LogP contribution in [0.2, 0.25) is 0 Å². The summed E-state index contributed by atoms with van der Waals surface area (Å²) in [5.41, 5.74) is 1.67. The van der Waals surface area contributed by atoms with Crippen LogP contribution in [0.3, 0.4) is 0 Å². The molecule has 0 spiro atoms. The lowest BCUT2D eigenvalue weighted by Gasteiger charge is -2.35. The molecule has 0 aromatic heterocycles. The molecule has 2 amide bonds. The van der Waals surface area contributed by atoms with E-state index in [1.807, 2.05) is 44.2 Å². The van der Waals surface area contributed by atoms with Gasteiger partial charge in [-0.2, -0.15) is 0 Å². The van der Waals surface area contributed by atoms with E-state index in [0.717, 1.165) is 24.1 Å². The average Bonchev–Trinajstić information content (AvgIpc) is 2.74. The molecule has 0 radical (unpaired) electrons. The Kier molecular flexibility index (Phi) is 6.99. The summed E-state index contributed by atoms with van der Waals surface area (Å²) in [6.45, 7) is 5.17. The van der Waals surface area contributed by atoms with Crippen molar-refractivity contribution in [2.75, 3.05) is 18.4 Å². The molecule has 5 nitrogen and oxygen atoms in total. The van der Waals surface area contributed by atoms with Gasteiger partial charge in [-0.15, -0.1) is 0 Å². The predicted octanol–water partition coefficient (Wildman–Crippen LogP) is 3.74. The monoisotopic (exact) mass is 397 g/mol. The highest BCUT2D eigenvalue weighted by atomic mass is 19.1. The highest BCUT2D eigenvalue weighted by Crippen LogP contribution is 2.21. The summed E-state index contributed by atoms with van der Waals surface area (Å²) in [6, 6.07) is 15.1. The van der Waals surface area contributed by atoms with Crippen LogP contribution in [0.5, 0.6) is 0 Å². The lowest BCUT2D eigenvalue weighted by Crippen LogP contribution is -2.49. The van der Waals surface area contributed by atoms with E-state index < -0.39 is 0 Å². The molecule has 1 aliphatic heterocycles. The highest BCUT2D eigenvalue weighted by Gasteiger charge is 2.30. The van der Waals surface area contributed by atoms with Crippen molar-refractivity contribution in [2.24, 2.45) is 5.92 Å². The summed E-state index contributed by atoms with van der Waals surface area (Å²) in [7, 11) is 0. The standard InChI is InChI=1S/C23H28FN3O2/c1-16(18-8-10-20(24)11-9-18)25-22(28)17(2)27-14-12-19(13-15-27)23(29)26-21-6-4-3-5-7-21/h3-11,16-17,19H,12-15H2,1-2H3,(H,25,28)(H,26,29)/t16-,17-/m1/s1. The molecule has 0 bridgehead atoms. The molecule has 0 unspecified atom stereocenters. The molecule has 2 aromatic rings. The van der Waals surface area contributed by atoms with Crippen LogP contribution < -0.4 is 10.6 Å². The van der Waals surface area contributed by atoms with Crippen molar-refractivity contribution in [1.82, 2.24) is 10.2 Å². The maximum Gasteiger partial charge on any atom is 0.237 e. The van der Waals surface area contributed by atoms with Crippen LogP contribution in [0.1, 0.15) is 38.3 Å². The van der Waals surface area contributed by atoms with Crippen molar-refractivity contribution in [3.63, 3.8) is 0 Å². The van der Waals surface area contributed by atoms with Gasteiger partial charge in [-0.25, -0.2) is 4.39 Å². The van der Waals surface area contributed by atoms with Crippen LogP contribution in [-0.2, 0) is 9.59 Å². The molecule has 1 aliphatic rings. The largest absolute Gasteiger partial charge is 0.348 e. The van der Waals surface area contributed by atoms with Gasteiger partial charge in [0.2, 0.25) is 11.8 Å². The Labute approximate surface area is 171 Å². The molecule has 0 saturated carbocycles. The third-order valence-corrected chi connectivity index (χ3v) is 5.60. The summed E-state index contributed by atoms with van der Waals surface area (Å²) in [4.78, 5) is 27.2. The summed E-state index contributed by atoms with van der Waals surface area (Å²) >= 11 is 0. The van der Waals surface area contributed by atoms with Crippen molar-refractivity contribution in [3.8, 4) is 0 Å². The first-order valence-electron chi connectivity index (χ1n) is 10.1. The third-order valence-electron chi connectivity index (χ3n) is 5.60. The van der Waals surface area contributed by atoms with Crippen molar-refractivity contribution >= 4 is 17.5 Å². The van der Waals surface area contributed by atoms with Crippen LogP contribution in [-0.4, -0.2) is 35.8 Å². The lowest BCUT2D eigenvalue weighted by atomic mass is 9.94. The van der Waals surface area contributed by atoms with E-state index in [9.17, 15) is 14.0 Å². The van der Waals surface area contributed by atoms with Gasteiger partial charge in [-0.1, -0.05) is 30.3 Å². The number of amides is 2. The van der Waals surface area contributed by atoms with Gasteiger partial charge >= 0.3 is 0 Å². The predicted molar refractivity (Wildman–Crippen MR) is 112 cm³/mol. The Morgan fingerprint density at radius 3 is 2.24 bits per heavy atom. The second kappa shape index (κ2) is 9.65. The molecule has 3 rings (SSSR count). The minimum atomic E-state index is -0.292. The second-order valence-electron chi connectivity index (χ2n) is 7.62. The van der Waals surface area contributed by atoms with Crippen LogP contribution in [0.15, 0.2) is 54.6 Å². The number of piperidine rings is 1. The van der Waals surface area contributed by atoms with Gasteiger partial charge < -0.3 is 10.6 Å². The first-order valence-corrected chi connectivity index (χ1v) is 10.1. The Morgan fingerprint density at radius 2 is 1.62 bits per heavy atom. The highest BCUT2D eigenvalue weighted by molar-refractivity contribution is 5.92. The number of anilines is 1. The minimum Gasteiger partial charge on any atom is -0.348 e. The van der Waals surface area contributed by atoms with Gasteiger partial charge in [0, 0.05) is 11.6 Å². The maximum atomic E-state index is 13.1. The van der Waals surface area contributed by atoms with Gasteiger partial charge in [0.05, 0.1) is 12.1 Å². The van der Waals surface area contributed by atoms with E-state index in [0.29, 0.717) is 13.1 Å². The molecule has 2 aromatic carbocycles. The first-order chi connectivity index (χ1) is 13.9. The number of benzene rings is 2. The molecule has 1 heterocycles. The first kappa shape index (κ1) is 21.0. The fourth-order valence-electron chi connectivity index (χ4n) is 3.65. The molecule has 154 valence electrons. The minimum absolute atomic E-state index is 0.0397. The number of carbonyl (C=O) groups excluding carboxylic acids is 2. The van der Waals surface area contributed by atoms with Crippen LogP contribution >= 0.6 is 0 Å². The molecule has 1 fully saturated rings. The zero-order chi connectivity index (χ0) is 20.8. The van der Waals surface area contributed by atoms with Gasteiger partial charge in [-0.3, -0.25) is 14.5 Å². The topological polar surface area (TPSA) is 61.4 Å². The number of nitrogens with zero attached hydrogens (tertiary/aromatic N) is 1. The molecule has 1 saturated heterocycles. The fourth-order valence-corrected chi connectivity index (χ4v) is 3.65. The number of likely N-dealkylation sites (tertiary alicyclic amines) is 1. The van der Waals surface area contributed by atoms with Crippen molar-refractivity contribution in [1.29, 1.82) is 0 Å². The number of hydrogen-bond donors (Lipinski definition) is 2. The summed E-state index contributed by atoms with van der Waals surface area (Å²) in [5.74, 6) is -0.355. The van der Waals surface area contributed by atoms with Crippen LogP contribution in [0.25, 0.3) is 0 Å². The van der Waals surface area contributed by atoms with Crippen molar-refractivity contribution in [3.05, 3.63) is 66.0 Å². The average molecular weight is 397 g/mol. The molecule has 2 N–H and O–H groups in total. The fraction of sp³-hybridized carbons (Fsp3) is 0.391. The molecule has 0 aliphatic carbocycles. The van der Waals surface area contributed by atoms with Crippen LogP contribution in [0.4, 0.5) is 10.1 Å². The molecule has 29 heavy (non-hydrogen) atoms. The number of carbonyl (C=O) groups is 2. The van der Waals surface area contributed by atoms with Crippen molar-refractivity contribution < 1.29 is 14.0 Å². The van der Waals surface area contributed by atoms with Gasteiger partial charge in [0.25, 0.3) is 0 Å². The quantitative estimate of drug-likeness (QED) is 0.781. The van der Waals surface area contributed by atoms with Gasteiger partial charge in [0.15, 0.2) is 0 Å². The number of halogens is 1. The Bertz CT molecular complexity index is 818. The number of rotatable bonds is 6. The Balaban J connectivity index is 1.47. The Morgan fingerprint density at radius 1 is 1.00 bits per heavy atom. The molecule has 2 atom stereocenters. The normalized spacial score (nSPS) is 17.3. The van der Waals surface area contributed by atoms with Gasteiger partial charge in [0.1, 0.15) is 5.82 Å². The lowest BCUT2D eigenvalue weighted by molar-refractivity contribution is -0.127. The zero-order valence-corrected chi connectivity index (χ0v) is 16.9. The van der Waals surface area contributed by atoms with Crippen molar-refractivity contribution in [2.45, 2.75) is 38.8 Å². The third kappa shape index (κ3) is 5.64. The summed E-state index contributed by atoms with van der Waals surface area (Å²) in [5, 5.41) is 5.96. The summed E-state index contributed by atoms with van der Waals surface area (Å²) < 4.78 is 13.1. The van der Waals surface area contributed by atoms with E-state index >= 15 is 0 Å². The number of para-hydroxylation sites is 1. The van der Waals surface area contributed by atoms with E-state index in [1.54, 1.807) is 12.1 Å². The number of nitrogens with one attached hydrogen (secondary N) is 2. The molecular weight excluding hydrogens is 369 g/mol. The number of hydrogen-bond acceptors (Lipinski definition) is 3. The molecular formula is C23H28FN3O2. The van der Waals surface area contributed by atoms with E-state index in [4.69, 9.17) is 0 Å². The zero-order valence-electron chi connectivity index (χ0n) is 16.9. The second-order valence-corrected chi connectivity index (χ2v) is 7.62. The SMILES string of the molecule is C[C@H](C(=O)N[C@H](C)c1ccc(F)cc1)N1CCC(C(=O)Nc2ccccc2)CC1. The van der Waals surface area contributed by atoms with Gasteiger partial charge in [-0.05, 0) is 69.6 Å². The van der Waals surface area contributed by atoms with E-state index in [-0.39, 0.29) is 35.6 Å². The van der Waals surface area contributed by atoms with Crippen LogP contribution in [0, 0.1) is 11.7 Å². The molecule has 6 heteroatoms. The maximum absolute atomic E-state index is 13.1. The van der Waals surface area contributed by atoms with E-state index in [2.05, 4.69) is 15.5 Å². The smallest absolute Gasteiger partial charge is 0.237 e.